The van der Waals surface area contributed by atoms with Gasteiger partial charge in [0.2, 0.25) is 5.56 Å². The molecule has 0 aliphatic heterocycles. The number of hydrogen-bond acceptors (Lipinski definition) is 1. The summed E-state index contributed by atoms with van der Waals surface area (Å²) in [6.45, 7) is 0. The van der Waals surface area contributed by atoms with Crippen molar-refractivity contribution in [3.8, 4) is 0 Å². The van der Waals surface area contributed by atoms with Crippen molar-refractivity contribution in [1.29, 1.82) is 0 Å². The second-order valence-electron chi connectivity index (χ2n) is 2.41. The van der Waals surface area contributed by atoms with Crippen LogP contribution in [0.2, 0.25) is 0 Å². The molecule has 0 spiro atoms. The molecule has 0 bridgehead atoms. The summed E-state index contributed by atoms with van der Waals surface area (Å²) in [6, 6.07) is 11.0. The minimum atomic E-state index is -0.0521. The maximum atomic E-state index is 10.8. The number of benzene rings is 1. The average Bonchev–Trinajstić information content (AvgIpc) is 2.04. The van der Waals surface area contributed by atoms with Crippen LogP contribution in [0.25, 0.3) is 10.9 Å². The number of para-hydroxylation sites is 1. The number of rotatable bonds is 0. The number of aromatic nitrogens is 1. The van der Waals surface area contributed by atoms with Crippen molar-refractivity contribution in [2.45, 2.75) is 0 Å². The Hall–Kier alpha value is -0.687. The smallest absolute Gasteiger partial charge is 0.248 e. The monoisotopic (exact) mass is 235 g/mol. The van der Waals surface area contributed by atoms with Crippen molar-refractivity contribution in [3.05, 3.63) is 46.8 Å². The summed E-state index contributed by atoms with van der Waals surface area (Å²) in [5.41, 5.74) is 0.837. The maximum Gasteiger partial charge on any atom is 0.248 e. The molecule has 1 aromatic heterocycles. The van der Waals surface area contributed by atoms with Crippen LogP contribution in [-0.2, 0) is 26.2 Å². The Morgan fingerprint density at radius 3 is 2.58 bits per heavy atom. The molecule has 0 radical (unpaired) electrons. The zero-order valence-corrected chi connectivity index (χ0v) is 8.83. The van der Waals surface area contributed by atoms with Gasteiger partial charge in [-0.1, -0.05) is 18.2 Å². The van der Waals surface area contributed by atoms with Crippen molar-refractivity contribution in [2.24, 2.45) is 0 Å². The van der Waals surface area contributed by atoms with Crippen molar-refractivity contribution in [3.63, 3.8) is 0 Å². The molecule has 0 aliphatic carbocycles. The molecule has 0 amide bonds. The molecule has 1 aromatic carbocycles. The first-order chi connectivity index (χ1) is 5.36. The summed E-state index contributed by atoms with van der Waals surface area (Å²) in [5, 5.41) is 1.06. The first-order valence-electron chi connectivity index (χ1n) is 3.44. The zero-order chi connectivity index (χ0) is 7.68. The molecule has 0 saturated heterocycles. The minimum Gasteiger partial charge on any atom is -0.322 e. The van der Waals surface area contributed by atoms with Crippen LogP contribution in [0.1, 0.15) is 0 Å². The van der Waals surface area contributed by atoms with Crippen molar-refractivity contribution in [1.82, 2.24) is 4.98 Å². The third-order valence-electron chi connectivity index (χ3n) is 1.63. The fraction of sp³-hybridized carbons (Fsp3) is 0. The zero-order valence-electron chi connectivity index (χ0n) is 6.37. The Balaban J connectivity index is 0.000000720. The molecule has 0 fully saturated rings. The van der Waals surface area contributed by atoms with Crippen LogP contribution in [0.4, 0.5) is 0 Å². The predicted molar refractivity (Wildman–Crippen MR) is 44.6 cm³/mol. The Kier molecular flexibility index (Phi) is 2.99. The van der Waals surface area contributed by atoms with Gasteiger partial charge in [-0.15, -0.1) is 0 Å². The Bertz CT molecular complexity index is 435. The molecule has 0 unspecified atom stereocenters. The number of nitrogens with one attached hydrogen (secondary N) is 1. The average molecular weight is 236 g/mol. The fourth-order valence-corrected chi connectivity index (χ4v) is 1.10. The third kappa shape index (κ3) is 1.73. The molecule has 58 valence electrons. The Morgan fingerprint density at radius 2 is 1.75 bits per heavy atom. The molecule has 3 heteroatoms. The second-order valence-corrected chi connectivity index (χ2v) is 2.41. The van der Waals surface area contributed by atoms with Crippen LogP contribution in [0.3, 0.4) is 0 Å². The number of pyridine rings is 1. The summed E-state index contributed by atoms with van der Waals surface area (Å²) >= 11 is 0. The van der Waals surface area contributed by atoms with E-state index < -0.39 is 0 Å². The molecule has 0 aliphatic rings. The van der Waals surface area contributed by atoms with Crippen LogP contribution in [0.5, 0.6) is 0 Å². The van der Waals surface area contributed by atoms with Gasteiger partial charge in [-0.2, -0.15) is 0 Å². The van der Waals surface area contributed by atoms with E-state index in [1.807, 2.05) is 30.3 Å². The van der Waals surface area contributed by atoms with E-state index in [9.17, 15) is 4.79 Å². The van der Waals surface area contributed by atoms with Gasteiger partial charge in [0, 0.05) is 37.8 Å². The maximum absolute atomic E-state index is 10.8. The van der Waals surface area contributed by atoms with Gasteiger partial charge in [-0.05, 0) is 17.5 Å². The minimum absolute atomic E-state index is 0. The summed E-state index contributed by atoms with van der Waals surface area (Å²) in [4.78, 5) is 13.6. The number of aromatic amines is 1. The first-order valence-corrected chi connectivity index (χ1v) is 3.44. The summed E-state index contributed by atoms with van der Waals surface area (Å²) in [5.74, 6) is 0. The SMILES string of the molecule is O=c1ccc2ccccc2[nH]1.[Zr]. The van der Waals surface area contributed by atoms with Gasteiger partial charge in [-0.25, -0.2) is 0 Å². The standard InChI is InChI=1S/C9H7NO.Zr/c11-9-6-5-7-3-1-2-4-8(7)10-9;/h1-6H,(H,10,11);. The molecule has 1 N–H and O–H groups in total. The van der Waals surface area contributed by atoms with Crippen LogP contribution < -0.4 is 5.56 Å². The van der Waals surface area contributed by atoms with E-state index in [-0.39, 0.29) is 31.8 Å². The third-order valence-corrected chi connectivity index (χ3v) is 1.63. The van der Waals surface area contributed by atoms with E-state index >= 15 is 0 Å². The summed E-state index contributed by atoms with van der Waals surface area (Å²) in [7, 11) is 0. The van der Waals surface area contributed by atoms with E-state index in [0.717, 1.165) is 10.9 Å². The normalized spacial score (nSPS) is 9.33. The van der Waals surface area contributed by atoms with Gasteiger partial charge in [0.25, 0.3) is 0 Å². The van der Waals surface area contributed by atoms with Crippen LogP contribution in [0.15, 0.2) is 41.2 Å². The van der Waals surface area contributed by atoms with E-state index in [1.54, 1.807) is 0 Å². The van der Waals surface area contributed by atoms with E-state index in [1.165, 1.54) is 6.07 Å². The van der Waals surface area contributed by atoms with Crippen molar-refractivity contribution < 1.29 is 26.2 Å². The molecule has 2 nitrogen and oxygen atoms in total. The van der Waals surface area contributed by atoms with E-state index in [4.69, 9.17) is 0 Å². The topological polar surface area (TPSA) is 32.9 Å². The number of hydrogen-bond donors (Lipinski definition) is 1. The van der Waals surface area contributed by atoms with Gasteiger partial charge in [-0.3, -0.25) is 4.79 Å². The van der Waals surface area contributed by atoms with Crippen LogP contribution in [-0.4, -0.2) is 4.98 Å². The van der Waals surface area contributed by atoms with Gasteiger partial charge in [0.05, 0.1) is 0 Å². The number of H-pyrrole nitrogens is 1. The molecule has 0 saturated carbocycles. The van der Waals surface area contributed by atoms with Crippen molar-refractivity contribution in [2.75, 3.05) is 0 Å². The molecule has 2 aromatic rings. The molecular formula is C9H7NOZr. The molecular weight excluding hydrogens is 229 g/mol. The largest absolute Gasteiger partial charge is 0.322 e. The second kappa shape index (κ2) is 3.81. The van der Waals surface area contributed by atoms with Gasteiger partial charge in [0.15, 0.2) is 0 Å². The van der Waals surface area contributed by atoms with E-state index in [0.29, 0.717) is 0 Å². The van der Waals surface area contributed by atoms with Crippen molar-refractivity contribution >= 4 is 10.9 Å². The first kappa shape index (κ1) is 9.40. The van der Waals surface area contributed by atoms with E-state index in [2.05, 4.69) is 4.98 Å². The van der Waals surface area contributed by atoms with Gasteiger partial charge >= 0.3 is 0 Å². The van der Waals surface area contributed by atoms with Crippen LogP contribution in [0, 0.1) is 0 Å². The Labute approximate surface area is 88.7 Å². The van der Waals surface area contributed by atoms with Crippen LogP contribution >= 0.6 is 0 Å². The molecule has 1 heterocycles. The Morgan fingerprint density at radius 1 is 1.00 bits per heavy atom. The molecule has 0 atom stereocenters. The fourth-order valence-electron chi connectivity index (χ4n) is 1.10. The molecule has 12 heavy (non-hydrogen) atoms. The summed E-state index contributed by atoms with van der Waals surface area (Å²) < 4.78 is 0. The molecule has 2 rings (SSSR count). The summed E-state index contributed by atoms with van der Waals surface area (Å²) in [6.07, 6.45) is 0. The predicted octanol–water partition coefficient (Wildman–Crippen LogP) is 1.53. The number of fused-ring (bicyclic) bond motifs is 1. The quantitative estimate of drug-likeness (QED) is 0.739. The van der Waals surface area contributed by atoms with Gasteiger partial charge in [0.1, 0.15) is 0 Å². The van der Waals surface area contributed by atoms with Gasteiger partial charge < -0.3 is 4.98 Å².